The lowest BCUT2D eigenvalue weighted by atomic mass is 10.3. The van der Waals surface area contributed by atoms with Crippen LogP contribution >= 0.6 is 0 Å². The van der Waals surface area contributed by atoms with Crippen LogP contribution in [-0.2, 0) is 19.7 Å². The first-order valence-corrected chi connectivity index (χ1v) is 6.51. The van der Waals surface area contributed by atoms with Gasteiger partial charge in [0.1, 0.15) is 0 Å². The highest BCUT2D eigenvalue weighted by atomic mass is 32.2. The van der Waals surface area contributed by atoms with Crippen LogP contribution < -0.4 is 4.72 Å². The van der Waals surface area contributed by atoms with Crippen LogP contribution in [0.5, 0.6) is 0 Å². The predicted molar refractivity (Wildman–Crippen MR) is 57.9 cm³/mol. The van der Waals surface area contributed by atoms with Gasteiger partial charge in [-0.1, -0.05) is 0 Å². The second kappa shape index (κ2) is 6.15. The lowest BCUT2D eigenvalue weighted by Crippen LogP contribution is -2.44. The van der Waals surface area contributed by atoms with Gasteiger partial charge in [-0.25, -0.2) is 9.52 Å². The molecule has 0 aliphatic carbocycles. The molecular weight excluding hydrogens is 252 g/mol. The molecule has 0 spiro atoms. The number of hydrogen-bond acceptors (Lipinski definition) is 5. The van der Waals surface area contributed by atoms with Crippen LogP contribution in [0.15, 0.2) is 0 Å². The standard InChI is InChI=1S/C8H16N2O6S/c1-15-6-7-2-3-10(4-5-16-7)17(13,14)9-8(11)12/h7,9H,2-6H2,1H3,(H,11,12)/t7-/m1/s1. The summed E-state index contributed by atoms with van der Waals surface area (Å²) >= 11 is 0. The van der Waals surface area contributed by atoms with Crippen molar-refractivity contribution >= 4 is 16.3 Å². The van der Waals surface area contributed by atoms with Crippen molar-refractivity contribution in [3.8, 4) is 0 Å². The number of rotatable bonds is 4. The van der Waals surface area contributed by atoms with Crippen LogP contribution in [-0.4, -0.2) is 63.4 Å². The molecule has 0 radical (unpaired) electrons. The van der Waals surface area contributed by atoms with E-state index in [1.165, 1.54) is 11.8 Å². The molecule has 0 aromatic rings. The highest BCUT2D eigenvalue weighted by Gasteiger charge is 2.27. The number of ether oxygens (including phenoxy) is 2. The van der Waals surface area contributed by atoms with Crippen molar-refractivity contribution in [3.63, 3.8) is 0 Å². The number of nitrogens with one attached hydrogen (secondary N) is 1. The van der Waals surface area contributed by atoms with Crippen molar-refractivity contribution in [2.45, 2.75) is 12.5 Å². The summed E-state index contributed by atoms with van der Waals surface area (Å²) in [5.41, 5.74) is 0. The number of hydrogen-bond donors (Lipinski definition) is 2. The van der Waals surface area contributed by atoms with Crippen molar-refractivity contribution in [1.29, 1.82) is 0 Å². The SMILES string of the molecule is COC[C@H]1CCN(S(=O)(=O)NC(=O)O)CCO1. The minimum atomic E-state index is -3.98. The molecule has 8 nitrogen and oxygen atoms in total. The molecule has 9 heteroatoms. The van der Waals surface area contributed by atoms with Gasteiger partial charge in [-0.2, -0.15) is 12.7 Å². The van der Waals surface area contributed by atoms with Crippen LogP contribution in [0.3, 0.4) is 0 Å². The quantitative estimate of drug-likeness (QED) is 0.694. The lowest BCUT2D eigenvalue weighted by Gasteiger charge is -2.18. The maximum atomic E-state index is 11.6. The van der Waals surface area contributed by atoms with Crippen molar-refractivity contribution in [2.75, 3.05) is 33.4 Å². The molecule has 1 aliphatic rings. The Labute approximate surface area is 99.7 Å². The fraction of sp³-hybridized carbons (Fsp3) is 0.875. The van der Waals surface area contributed by atoms with Crippen LogP contribution in [0.2, 0.25) is 0 Å². The zero-order valence-corrected chi connectivity index (χ0v) is 10.3. The van der Waals surface area contributed by atoms with E-state index in [1.807, 2.05) is 0 Å². The van der Waals surface area contributed by atoms with E-state index < -0.39 is 16.3 Å². The molecule has 0 bridgehead atoms. The summed E-state index contributed by atoms with van der Waals surface area (Å²) in [6.07, 6.45) is -1.29. The highest BCUT2D eigenvalue weighted by molar-refractivity contribution is 7.87. The number of nitrogens with zero attached hydrogens (tertiary/aromatic N) is 1. The molecule has 1 heterocycles. The second-order valence-electron chi connectivity index (χ2n) is 3.55. The van der Waals surface area contributed by atoms with Crippen molar-refractivity contribution in [2.24, 2.45) is 0 Å². The van der Waals surface area contributed by atoms with Crippen molar-refractivity contribution in [1.82, 2.24) is 9.03 Å². The summed E-state index contributed by atoms with van der Waals surface area (Å²) in [6, 6.07) is 0. The molecule has 2 N–H and O–H groups in total. The molecule has 1 rings (SSSR count). The average Bonchev–Trinajstić information content (AvgIpc) is 2.42. The first-order valence-electron chi connectivity index (χ1n) is 5.07. The third kappa shape index (κ3) is 4.46. The Morgan fingerprint density at radius 1 is 1.59 bits per heavy atom. The summed E-state index contributed by atoms with van der Waals surface area (Å²) in [5.74, 6) is 0. The van der Waals surface area contributed by atoms with Gasteiger partial charge in [0, 0.05) is 20.2 Å². The van der Waals surface area contributed by atoms with Crippen molar-refractivity contribution in [3.05, 3.63) is 0 Å². The molecule has 1 atom stereocenters. The fourth-order valence-corrected chi connectivity index (χ4v) is 2.55. The van der Waals surface area contributed by atoms with Crippen LogP contribution in [0.4, 0.5) is 4.79 Å². The van der Waals surface area contributed by atoms with E-state index in [1.54, 1.807) is 0 Å². The fourth-order valence-electron chi connectivity index (χ4n) is 1.54. The van der Waals surface area contributed by atoms with Crippen LogP contribution in [0.1, 0.15) is 6.42 Å². The van der Waals surface area contributed by atoms with E-state index in [4.69, 9.17) is 14.6 Å². The number of carboxylic acid groups (broad SMARTS) is 1. The number of amides is 1. The summed E-state index contributed by atoms with van der Waals surface area (Å²) in [5, 5.41) is 8.42. The van der Waals surface area contributed by atoms with E-state index in [9.17, 15) is 13.2 Å². The zero-order chi connectivity index (χ0) is 12.9. The molecule has 0 aromatic heterocycles. The highest BCUT2D eigenvalue weighted by Crippen LogP contribution is 2.10. The number of methoxy groups -OCH3 is 1. The predicted octanol–water partition coefficient (Wildman–Crippen LogP) is -0.764. The molecule has 0 saturated carbocycles. The molecule has 17 heavy (non-hydrogen) atoms. The van der Waals surface area contributed by atoms with E-state index in [0.717, 1.165) is 4.31 Å². The molecular formula is C8H16N2O6S. The largest absolute Gasteiger partial charge is 0.464 e. The minimum Gasteiger partial charge on any atom is -0.464 e. The smallest absolute Gasteiger partial charge is 0.419 e. The van der Waals surface area contributed by atoms with Crippen LogP contribution in [0, 0.1) is 0 Å². The average molecular weight is 268 g/mol. The van der Waals surface area contributed by atoms with Gasteiger partial charge in [0.25, 0.3) is 0 Å². The van der Waals surface area contributed by atoms with Gasteiger partial charge in [0.2, 0.25) is 0 Å². The molecule has 1 fully saturated rings. The summed E-state index contributed by atoms with van der Waals surface area (Å²) in [6.45, 7) is 0.939. The van der Waals surface area contributed by atoms with E-state index in [-0.39, 0.29) is 25.8 Å². The monoisotopic (exact) mass is 268 g/mol. The Morgan fingerprint density at radius 2 is 2.29 bits per heavy atom. The summed E-state index contributed by atoms with van der Waals surface area (Å²) in [7, 11) is -2.44. The minimum absolute atomic E-state index is 0.128. The van der Waals surface area contributed by atoms with E-state index in [0.29, 0.717) is 13.0 Å². The first kappa shape index (κ1) is 14.2. The maximum Gasteiger partial charge on any atom is 0.419 e. The zero-order valence-electron chi connectivity index (χ0n) is 9.46. The second-order valence-corrected chi connectivity index (χ2v) is 5.22. The first-order chi connectivity index (χ1) is 7.95. The number of carbonyl (C=O) groups is 1. The Hall–Kier alpha value is -0.900. The molecule has 1 amide bonds. The Morgan fingerprint density at radius 3 is 2.88 bits per heavy atom. The summed E-state index contributed by atoms with van der Waals surface area (Å²) in [4.78, 5) is 10.3. The summed E-state index contributed by atoms with van der Waals surface area (Å²) < 4.78 is 36.0. The topological polar surface area (TPSA) is 105 Å². The van der Waals surface area contributed by atoms with E-state index >= 15 is 0 Å². The third-order valence-electron chi connectivity index (χ3n) is 2.30. The Kier molecular flexibility index (Phi) is 5.12. The maximum absolute atomic E-state index is 11.6. The Balaban J connectivity index is 2.59. The van der Waals surface area contributed by atoms with Gasteiger partial charge in [-0.3, -0.25) is 0 Å². The van der Waals surface area contributed by atoms with Gasteiger partial charge in [0.15, 0.2) is 0 Å². The van der Waals surface area contributed by atoms with Crippen molar-refractivity contribution < 1.29 is 27.8 Å². The van der Waals surface area contributed by atoms with Gasteiger partial charge < -0.3 is 14.6 Å². The van der Waals surface area contributed by atoms with Gasteiger partial charge in [-0.15, -0.1) is 0 Å². The molecule has 100 valence electrons. The van der Waals surface area contributed by atoms with Crippen LogP contribution in [0.25, 0.3) is 0 Å². The van der Waals surface area contributed by atoms with E-state index in [2.05, 4.69) is 0 Å². The molecule has 0 aromatic carbocycles. The molecule has 0 unspecified atom stereocenters. The normalized spacial score (nSPS) is 23.0. The molecule has 1 saturated heterocycles. The van der Waals surface area contributed by atoms with Gasteiger partial charge >= 0.3 is 16.3 Å². The van der Waals surface area contributed by atoms with Gasteiger partial charge in [0.05, 0.1) is 19.3 Å². The van der Waals surface area contributed by atoms with Gasteiger partial charge in [-0.05, 0) is 6.42 Å². The molecule has 1 aliphatic heterocycles. The lowest BCUT2D eigenvalue weighted by molar-refractivity contribution is 0.00560. The third-order valence-corrected chi connectivity index (χ3v) is 3.78. The Bertz CT molecular complexity index is 357.